The Hall–Kier alpha value is -1.60. The molecule has 0 amide bonds. The monoisotopic (exact) mass is 267 g/mol. The molecule has 1 atom stereocenters. The molecule has 106 valence electrons. The molecule has 2 aromatic carbocycles. The molecule has 2 rings (SSSR count). The summed E-state index contributed by atoms with van der Waals surface area (Å²) in [5.74, 6) is 0. The Morgan fingerprint density at radius 1 is 0.850 bits per heavy atom. The van der Waals surface area contributed by atoms with Crippen molar-refractivity contribution in [3.05, 3.63) is 71.8 Å². The van der Waals surface area contributed by atoms with Gasteiger partial charge in [-0.3, -0.25) is 0 Å². The Balaban J connectivity index is 2.32. The lowest BCUT2D eigenvalue weighted by Gasteiger charge is -2.34. The molecule has 2 aromatic rings. The maximum absolute atomic E-state index is 3.56. The Morgan fingerprint density at radius 3 is 2.00 bits per heavy atom. The van der Waals surface area contributed by atoms with Gasteiger partial charge in [0, 0.05) is 12.0 Å². The highest BCUT2D eigenvalue weighted by Gasteiger charge is 2.29. The lowest BCUT2D eigenvalue weighted by Crippen LogP contribution is -2.39. The summed E-state index contributed by atoms with van der Waals surface area (Å²) in [5, 5.41) is 3.56. The van der Waals surface area contributed by atoms with Crippen molar-refractivity contribution in [2.24, 2.45) is 0 Å². The molecule has 0 saturated heterocycles. The van der Waals surface area contributed by atoms with Crippen LogP contribution in [0.25, 0.3) is 0 Å². The average molecular weight is 267 g/mol. The molecular weight excluding hydrogens is 242 g/mol. The van der Waals surface area contributed by atoms with Crippen LogP contribution in [0, 0.1) is 0 Å². The number of rotatable bonds is 7. The van der Waals surface area contributed by atoms with Crippen LogP contribution in [0.2, 0.25) is 0 Å². The predicted octanol–water partition coefficient (Wildman–Crippen LogP) is 4.19. The normalized spacial score (nSPS) is 13.9. The lowest BCUT2D eigenvalue weighted by molar-refractivity contribution is 0.382. The van der Waals surface area contributed by atoms with E-state index in [-0.39, 0.29) is 5.41 Å². The van der Waals surface area contributed by atoms with Gasteiger partial charge in [-0.15, -0.1) is 0 Å². The topological polar surface area (TPSA) is 12.0 Å². The van der Waals surface area contributed by atoms with E-state index in [4.69, 9.17) is 0 Å². The van der Waals surface area contributed by atoms with Crippen LogP contribution >= 0.6 is 0 Å². The van der Waals surface area contributed by atoms with Gasteiger partial charge in [-0.05, 0) is 30.5 Å². The van der Waals surface area contributed by atoms with E-state index in [0.717, 1.165) is 25.9 Å². The third-order valence-electron chi connectivity index (χ3n) is 4.16. The minimum Gasteiger partial charge on any atom is -0.316 e. The van der Waals surface area contributed by atoms with E-state index < -0.39 is 0 Å². The number of nitrogens with one attached hydrogen (secondary N) is 1. The molecule has 0 aliphatic heterocycles. The van der Waals surface area contributed by atoms with Crippen molar-refractivity contribution in [2.45, 2.75) is 32.1 Å². The number of hydrogen-bond acceptors (Lipinski definition) is 1. The molecule has 1 heteroatoms. The van der Waals surface area contributed by atoms with E-state index in [0.29, 0.717) is 0 Å². The highest BCUT2D eigenvalue weighted by molar-refractivity contribution is 5.30. The average Bonchev–Trinajstić information content (AvgIpc) is 2.53. The van der Waals surface area contributed by atoms with Crippen LogP contribution in [-0.4, -0.2) is 13.1 Å². The minimum atomic E-state index is 0.179. The first-order chi connectivity index (χ1) is 9.80. The second-order valence-electron chi connectivity index (χ2n) is 5.44. The van der Waals surface area contributed by atoms with Crippen molar-refractivity contribution in [3.8, 4) is 0 Å². The molecule has 0 saturated carbocycles. The number of benzene rings is 2. The van der Waals surface area contributed by atoms with Crippen molar-refractivity contribution >= 4 is 0 Å². The summed E-state index contributed by atoms with van der Waals surface area (Å²) in [4.78, 5) is 0. The summed E-state index contributed by atoms with van der Waals surface area (Å²) < 4.78 is 0. The van der Waals surface area contributed by atoms with Crippen molar-refractivity contribution < 1.29 is 0 Å². The first kappa shape index (κ1) is 14.8. The van der Waals surface area contributed by atoms with Crippen LogP contribution in [-0.2, 0) is 11.8 Å². The van der Waals surface area contributed by atoms with Crippen LogP contribution in [0.5, 0.6) is 0 Å². The van der Waals surface area contributed by atoms with Gasteiger partial charge in [0.15, 0.2) is 0 Å². The van der Waals surface area contributed by atoms with E-state index in [1.165, 1.54) is 11.1 Å². The summed E-state index contributed by atoms with van der Waals surface area (Å²) in [6.07, 6.45) is 2.22. The van der Waals surface area contributed by atoms with Gasteiger partial charge in [0.05, 0.1) is 0 Å². The van der Waals surface area contributed by atoms with E-state index in [1.807, 2.05) is 0 Å². The van der Waals surface area contributed by atoms with E-state index >= 15 is 0 Å². The molecule has 0 spiro atoms. The van der Waals surface area contributed by atoms with Gasteiger partial charge in [0.1, 0.15) is 0 Å². The van der Waals surface area contributed by atoms with Crippen molar-refractivity contribution in [1.29, 1.82) is 0 Å². The molecule has 0 radical (unpaired) electrons. The Morgan fingerprint density at radius 2 is 1.45 bits per heavy atom. The first-order valence-electron chi connectivity index (χ1n) is 7.61. The summed E-state index contributed by atoms with van der Waals surface area (Å²) in [5.41, 5.74) is 3.03. The van der Waals surface area contributed by atoms with Gasteiger partial charge < -0.3 is 5.32 Å². The number of likely N-dealkylation sites (N-methyl/N-ethyl adjacent to an activating group) is 1. The molecular formula is C19H25N. The molecule has 1 unspecified atom stereocenters. The third kappa shape index (κ3) is 3.49. The minimum absolute atomic E-state index is 0.179. The summed E-state index contributed by atoms with van der Waals surface area (Å²) >= 11 is 0. The fourth-order valence-corrected chi connectivity index (χ4v) is 2.86. The van der Waals surface area contributed by atoms with Crippen LogP contribution in [0.3, 0.4) is 0 Å². The zero-order chi connectivity index (χ0) is 14.3. The third-order valence-corrected chi connectivity index (χ3v) is 4.16. The molecule has 1 nitrogen and oxygen atoms in total. The van der Waals surface area contributed by atoms with Crippen LogP contribution in [0.4, 0.5) is 0 Å². The predicted molar refractivity (Wildman–Crippen MR) is 87.1 cm³/mol. The van der Waals surface area contributed by atoms with Crippen molar-refractivity contribution in [3.63, 3.8) is 0 Å². The fourth-order valence-electron chi connectivity index (χ4n) is 2.86. The maximum atomic E-state index is 3.56. The van der Waals surface area contributed by atoms with E-state index in [9.17, 15) is 0 Å². The second kappa shape index (κ2) is 7.25. The summed E-state index contributed by atoms with van der Waals surface area (Å²) in [6, 6.07) is 21.8. The van der Waals surface area contributed by atoms with Gasteiger partial charge >= 0.3 is 0 Å². The zero-order valence-electron chi connectivity index (χ0n) is 12.6. The SMILES string of the molecule is CCNCC(CC)(Cc1ccccc1)c1ccccc1. The maximum Gasteiger partial charge on any atom is 0.0115 e. The van der Waals surface area contributed by atoms with Gasteiger partial charge in [-0.2, -0.15) is 0 Å². The Kier molecular flexibility index (Phi) is 5.37. The fraction of sp³-hybridized carbons (Fsp3) is 0.368. The van der Waals surface area contributed by atoms with Crippen LogP contribution in [0.15, 0.2) is 60.7 Å². The van der Waals surface area contributed by atoms with Crippen LogP contribution in [0.1, 0.15) is 31.4 Å². The van der Waals surface area contributed by atoms with Crippen molar-refractivity contribution in [2.75, 3.05) is 13.1 Å². The lowest BCUT2D eigenvalue weighted by atomic mass is 9.73. The highest BCUT2D eigenvalue weighted by Crippen LogP contribution is 2.31. The molecule has 0 bridgehead atoms. The molecule has 20 heavy (non-hydrogen) atoms. The van der Waals surface area contributed by atoms with Crippen molar-refractivity contribution in [1.82, 2.24) is 5.32 Å². The van der Waals surface area contributed by atoms with Gasteiger partial charge in [0.25, 0.3) is 0 Å². The quantitative estimate of drug-likeness (QED) is 0.793. The zero-order valence-corrected chi connectivity index (χ0v) is 12.6. The van der Waals surface area contributed by atoms with Crippen LogP contribution < -0.4 is 5.32 Å². The smallest absolute Gasteiger partial charge is 0.0115 e. The second-order valence-corrected chi connectivity index (χ2v) is 5.44. The largest absolute Gasteiger partial charge is 0.316 e. The summed E-state index contributed by atoms with van der Waals surface area (Å²) in [7, 11) is 0. The highest BCUT2D eigenvalue weighted by atomic mass is 14.9. The standard InChI is InChI=1S/C19H25N/c1-3-19(16-20-4-2,18-13-9-6-10-14-18)15-17-11-7-5-8-12-17/h5-14,20H,3-4,15-16H2,1-2H3. The first-order valence-corrected chi connectivity index (χ1v) is 7.61. The van der Waals surface area contributed by atoms with E-state index in [1.54, 1.807) is 0 Å². The summed E-state index contributed by atoms with van der Waals surface area (Å²) in [6.45, 7) is 6.52. The van der Waals surface area contributed by atoms with Gasteiger partial charge in [0.2, 0.25) is 0 Å². The van der Waals surface area contributed by atoms with E-state index in [2.05, 4.69) is 79.8 Å². The molecule has 1 N–H and O–H groups in total. The molecule has 0 aromatic heterocycles. The molecule has 0 heterocycles. The van der Waals surface area contributed by atoms with Gasteiger partial charge in [-0.1, -0.05) is 74.5 Å². The Bertz CT molecular complexity index is 492. The molecule has 0 aliphatic rings. The molecule has 0 fully saturated rings. The number of hydrogen-bond donors (Lipinski definition) is 1. The molecule has 0 aliphatic carbocycles. The van der Waals surface area contributed by atoms with Gasteiger partial charge in [-0.25, -0.2) is 0 Å². The Labute approximate surface area is 123 Å².